The van der Waals surface area contributed by atoms with Crippen molar-refractivity contribution < 1.29 is 14.3 Å². The van der Waals surface area contributed by atoms with E-state index in [2.05, 4.69) is 15.0 Å². The molecular formula is C24H26N4O3. The number of methoxy groups -OCH3 is 2. The van der Waals surface area contributed by atoms with Crippen molar-refractivity contribution in [1.82, 2.24) is 19.9 Å². The highest BCUT2D eigenvalue weighted by Gasteiger charge is 2.38. The third kappa shape index (κ3) is 4.50. The lowest BCUT2D eigenvalue weighted by atomic mass is 9.86. The number of nitrogens with zero attached hydrogens (tertiary/aromatic N) is 4. The van der Waals surface area contributed by atoms with Gasteiger partial charge in [0.05, 0.1) is 20.6 Å². The van der Waals surface area contributed by atoms with Crippen molar-refractivity contribution in [3.05, 3.63) is 77.6 Å². The van der Waals surface area contributed by atoms with Gasteiger partial charge in [0.2, 0.25) is 5.91 Å². The van der Waals surface area contributed by atoms with Crippen LogP contribution in [0.3, 0.4) is 0 Å². The van der Waals surface area contributed by atoms with Crippen molar-refractivity contribution in [3.8, 4) is 11.5 Å². The molecule has 4 rings (SSSR count). The van der Waals surface area contributed by atoms with E-state index in [0.717, 1.165) is 22.8 Å². The molecule has 1 saturated heterocycles. The maximum Gasteiger partial charge on any atom is 0.228 e. The zero-order chi connectivity index (χ0) is 21.8. The minimum atomic E-state index is 0.0625. The third-order valence-electron chi connectivity index (χ3n) is 5.74. The Hall–Kier alpha value is -3.48. The Morgan fingerprint density at radius 1 is 1.00 bits per heavy atom. The quantitative estimate of drug-likeness (QED) is 0.612. The van der Waals surface area contributed by atoms with Gasteiger partial charge in [0.15, 0.2) is 11.5 Å². The zero-order valence-electron chi connectivity index (χ0n) is 18.0. The van der Waals surface area contributed by atoms with Gasteiger partial charge in [-0.3, -0.25) is 9.78 Å². The Bertz CT molecular complexity index is 1060. The van der Waals surface area contributed by atoms with Crippen LogP contribution < -0.4 is 9.47 Å². The van der Waals surface area contributed by atoms with E-state index in [9.17, 15) is 4.79 Å². The van der Waals surface area contributed by atoms with Gasteiger partial charge in [-0.15, -0.1) is 0 Å². The first-order valence-electron chi connectivity index (χ1n) is 10.3. The van der Waals surface area contributed by atoms with Crippen LogP contribution in [0.15, 0.2) is 54.9 Å². The van der Waals surface area contributed by atoms with E-state index in [0.29, 0.717) is 24.6 Å². The third-order valence-corrected chi connectivity index (χ3v) is 5.74. The SMILES string of the molecule is COc1ccc([C@@H]2CN(C(=O)Cc3ccccn3)C[C@H]2c2ccnc(C)n2)cc1OC. The summed E-state index contributed by atoms with van der Waals surface area (Å²) >= 11 is 0. The standard InChI is InChI=1S/C24H26N4O3/c1-16-25-11-9-21(27-16)20-15-28(24(29)13-18-6-4-5-10-26-18)14-19(20)17-7-8-22(30-2)23(12-17)31-3/h4-12,19-20H,13-15H2,1-3H3/t19-,20+/m0/s1. The molecule has 31 heavy (non-hydrogen) atoms. The summed E-state index contributed by atoms with van der Waals surface area (Å²) in [5.74, 6) is 2.30. The molecule has 0 bridgehead atoms. The van der Waals surface area contributed by atoms with Gasteiger partial charge in [0, 0.05) is 48.7 Å². The predicted molar refractivity (Wildman–Crippen MR) is 116 cm³/mol. The first-order valence-corrected chi connectivity index (χ1v) is 10.3. The van der Waals surface area contributed by atoms with Crippen molar-refractivity contribution in [2.45, 2.75) is 25.2 Å². The first-order chi connectivity index (χ1) is 15.1. The van der Waals surface area contributed by atoms with Gasteiger partial charge in [0.25, 0.3) is 0 Å². The van der Waals surface area contributed by atoms with E-state index in [-0.39, 0.29) is 24.2 Å². The molecule has 1 fully saturated rings. The maximum absolute atomic E-state index is 13.1. The second-order valence-electron chi connectivity index (χ2n) is 7.65. The van der Waals surface area contributed by atoms with Crippen molar-refractivity contribution in [2.24, 2.45) is 0 Å². The smallest absolute Gasteiger partial charge is 0.228 e. The van der Waals surface area contributed by atoms with Crippen LogP contribution in [0.4, 0.5) is 0 Å². The summed E-state index contributed by atoms with van der Waals surface area (Å²) in [7, 11) is 3.25. The Morgan fingerprint density at radius 3 is 2.52 bits per heavy atom. The van der Waals surface area contributed by atoms with Crippen molar-refractivity contribution >= 4 is 5.91 Å². The summed E-state index contributed by atoms with van der Waals surface area (Å²) in [5, 5.41) is 0. The van der Waals surface area contributed by atoms with E-state index in [4.69, 9.17) is 9.47 Å². The molecule has 0 radical (unpaired) electrons. The number of hydrogen-bond donors (Lipinski definition) is 0. The second-order valence-corrected chi connectivity index (χ2v) is 7.65. The predicted octanol–water partition coefficient (Wildman–Crippen LogP) is 3.15. The lowest BCUT2D eigenvalue weighted by Crippen LogP contribution is -2.30. The second kappa shape index (κ2) is 9.12. The average molecular weight is 418 g/mol. The molecule has 1 aliphatic rings. The Balaban J connectivity index is 1.65. The summed E-state index contributed by atoms with van der Waals surface area (Å²) in [6, 6.07) is 13.5. The van der Waals surface area contributed by atoms with Crippen LogP contribution in [0.2, 0.25) is 0 Å². The molecular weight excluding hydrogens is 392 g/mol. The number of carbonyl (C=O) groups is 1. The molecule has 3 aromatic rings. The molecule has 0 aliphatic carbocycles. The van der Waals surface area contributed by atoms with Gasteiger partial charge in [0.1, 0.15) is 5.82 Å². The van der Waals surface area contributed by atoms with Crippen LogP contribution >= 0.6 is 0 Å². The number of pyridine rings is 1. The minimum Gasteiger partial charge on any atom is -0.493 e. The fourth-order valence-corrected chi connectivity index (χ4v) is 4.18. The molecule has 0 N–H and O–H groups in total. The van der Waals surface area contributed by atoms with Gasteiger partial charge < -0.3 is 14.4 Å². The van der Waals surface area contributed by atoms with Crippen LogP contribution in [-0.4, -0.2) is 53.1 Å². The number of carbonyl (C=O) groups excluding carboxylic acids is 1. The Labute approximate surface area is 182 Å². The number of benzene rings is 1. The fraction of sp³-hybridized carbons (Fsp3) is 0.333. The molecule has 160 valence electrons. The molecule has 7 heteroatoms. The molecule has 1 aliphatic heterocycles. The molecule has 1 aromatic carbocycles. The van der Waals surface area contributed by atoms with Crippen LogP contribution in [-0.2, 0) is 11.2 Å². The van der Waals surface area contributed by atoms with Gasteiger partial charge in [-0.05, 0) is 42.8 Å². The zero-order valence-corrected chi connectivity index (χ0v) is 18.0. The van der Waals surface area contributed by atoms with Gasteiger partial charge >= 0.3 is 0 Å². The lowest BCUT2D eigenvalue weighted by molar-refractivity contribution is -0.129. The molecule has 0 saturated carbocycles. The number of aryl methyl sites for hydroxylation is 1. The fourth-order valence-electron chi connectivity index (χ4n) is 4.18. The van der Waals surface area contributed by atoms with Crippen LogP contribution in [0.5, 0.6) is 11.5 Å². The van der Waals surface area contributed by atoms with Crippen LogP contribution in [0, 0.1) is 6.92 Å². The van der Waals surface area contributed by atoms with Crippen molar-refractivity contribution in [2.75, 3.05) is 27.3 Å². The number of likely N-dealkylation sites (tertiary alicyclic amines) is 1. The maximum atomic E-state index is 13.1. The topological polar surface area (TPSA) is 77.4 Å². The number of amides is 1. The van der Waals surface area contributed by atoms with Gasteiger partial charge in [-0.1, -0.05) is 12.1 Å². The average Bonchev–Trinajstić information content (AvgIpc) is 3.25. The number of hydrogen-bond acceptors (Lipinski definition) is 6. The largest absolute Gasteiger partial charge is 0.493 e. The molecule has 2 aromatic heterocycles. The normalized spacial score (nSPS) is 18.1. The number of ether oxygens (including phenoxy) is 2. The lowest BCUT2D eigenvalue weighted by Gasteiger charge is -2.19. The van der Waals surface area contributed by atoms with E-state index in [1.807, 2.05) is 54.3 Å². The summed E-state index contributed by atoms with van der Waals surface area (Å²) in [5.41, 5.74) is 2.81. The van der Waals surface area contributed by atoms with E-state index in [1.165, 1.54) is 0 Å². The van der Waals surface area contributed by atoms with E-state index < -0.39 is 0 Å². The van der Waals surface area contributed by atoms with Crippen molar-refractivity contribution in [3.63, 3.8) is 0 Å². The van der Waals surface area contributed by atoms with Gasteiger partial charge in [-0.2, -0.15) is 0 Å². The Kier molecular flexibility index (Phi) is 6.11. The van der Waals surface area contributed by atoms with Crippen LogP contribution in [0.1, 0.15) is 34.6 Å². The highest BCUT2D eigenvalue weighted by molar-refractivity contribution is 5.79. The van der Waals surface area contributed by atoms with E-state index in [1.54, 1.807) is 26.6 Å². The van der Waals surface area contributed by atoms with Crippen LogP contribution in [0.25, 0.3) is 0 Å². The van der Waals surface area contributed by atoms with Gasteiger partial charge in [-0.25, -0.2) is 9.97 Å². The summed E-state index contributed by atoms with van der Waals surface area (Å²) in [6.45, 7) is 3.09. The molecule has 2 atom stereocenters. The molecule has 7 nitrogen and oxygen atoms in total. The first kappa shape index (κ1) is 20.8. The Morgan fingerprint density at radius 2 is 1.81 bits per heavy atom. The number of aromatic nitrogens is 3. The molecule has 3 heterocycles. The highest BCUT2D eigenvalue weighted by atomic mass is 16.5. The van der Waals surface area contributed by atoms with E-state index >= 15 is 0 Å². The molecule has 1 amide bonds. The molecule has 0 unspecified atom stereocenters. The summed E-state index contributed by atoms with van der Waals surface area (Å²) < 4.78 is 10.9. The summed E-state index contributed by atoms with van der Waals surface area (Å²) in [4.78, 5) is 28.2. The number of rotatable bonds is 6. The summed E-state index contributed by atoms with van der Waals surface area (Å²) in [6.07, 6.45) is 3.78. The highest BCUT2D eigenvalue weighted by Crippen LogP contribution is 2.41. The monoisotopic (exact) mass is 418 g/mol. The minimum absolute atomic E-state index is 0.0625. The molecule has 0 spiro atoms. The van der Waals surface area contributed by atoms with Crippen molar-refractivity contribution in [1.29, 1.82) is 0 Å².